The molecule has 0 aliphatic carbocycles. The maximum atomic E-state index is 14.4. The lowest BCUT2D eigenvalue weighted by atomic mass is 10.1. The van der Waals surface area contributed by atoms with Gasteiger partial charge in [-0.05, 0) is 36.9 Å². The van der Waals surface area contributed by atoms with Crippen LogP contribution in [0, 0.1) is 5.82 Å². The minimum absolute atomic E-state index is 0.0367. The van der Waals surface area contributed by atoms with Gasteiger partial charge in [-0.2, -0.15) is 5.10 Å². The van der Waals surface area contributed by atoms with Crippen LogP contribution in [0.25, 0.3) is 22.3 Å². The number of nitrogens with one attached hydrogen (secondary N) is 2. The van der Waals surface area contributed by atoms with E-state index in [1.165, 1.54) is 6.07 Å². The van der Waals surface area contributed by atoms with Crippen LogP contribution in [0.2, 0.25) is 0 Å². The molecule has 1 fully saturated rings. The van der Waals surface area contributed by atoms with E-state index in [1.54, 1.807) is 18.2 Å². The third-order valence-corrected chi connectivity index (χ3v) is 4.56. The molecule has 7 nitrogen and oxygen atoms in total. The number of pyridine rings is 1. The van der Waals surface area contributed by atoms with E-state index in [4.69, 9.17) is 4.74 Å². The molecule has 136 valence electrons. The van der Waals surface area contributed by atoms with Crippen LogP contribution in [-0.4, -0.2) is 50.8 Å². The van der Waals surface area contributed by atoms with E-state index in [0.29, 0.717) is 22.3 Å². The molecule has 1 aliphatic heterocycles. The molecule has 8 heteroatoms. The first kappa shape index (κ1) is 16.7. The molecule has 3 aromatic rings. The SMILES string of the molecule is CCCN1CC[C@H](Oc2nc(-c3n[nH]c(=O)[nH]3)cc3cccc(F)c23)C1. The molecule has 0 saturated carbocycles. The number of H-pyrrole nitrogens is 2. The molecule has 2 N–H and O–H groups in total. The molecule has 0 radical (unpaired) electrons. The van der Waals surface area contributed by atoms with Crippen LogP contribution in [-0.2, 0) is 0 Å². The van der Waals surface area contributed by atoms with Crippen molar-refractivity contribution >= 4 is 10.8 Å². The molecule has 1 atom stereocenters. The highest BCUT2D eigenvalue weighted by Gasteiger charge is 2.25. The number of aromatic nitrogens is 4. The zero-order valence-corrected chi connectivity index (χ0v) is 14.5. The molecule has 4 rings (SSSR count). The second-order valence-electron chi connectivity index (χ2n) is 6.51. The summed E-state index contributed by atoms with van der Waals surface area (Å²) in [5.41, 5.74) is 0.00877. The zero-order chi connectivity index (χ0) is 18.1. The Morgan fingerprint density at radius 2 is 2.31 bits per heavy atom. The number of benzene rings is 1. The van der Waals surface area contributed by atoms with Gasteiger partial charge in [0.15, 0.2) is 5.82 Å². The van der Waals surface area contributed by atoms with Crippen LogP contribution in [0.15, 0.2) is 29.1 Å². The molecule has 3 heterocycles. The van der Waals surface area contributed by atoms with Gasteiger partial charge in [-0.3, -0.25) is 9.88 Å². The van der Waals surface area contributed by atoms with Crippen LogP contribution >= 0.6 is 0 Å². The first-order chi connectivity index (χ1) is 12.6. The average molecular weight is 357 g/mol. The van der Waals surface area contributed by atoms with Crippen molar-refractivity contribution < 1.29 is 9.13 Å². The van der Waals surface area contributed by atoms with Gasteiger partial charge in [0.1, 0.15) is 17.6 Å². The fourth-order valence-electron chi connectivity index (χ4n) is 3.40. The topological polar surface area (TPSA) is 86.9 Å². The molecule has 0 amide bonds. The Morgan fingerprint density at radius 1 is 1.42 bits per heavy atom. The Labute approximate surface area is 149 Å². The molecule has 0 bridgehead atoms. The summed E-state index contributed by atoms with van der Waals surface area (Å²) in [6.45, 7) is 4.93. The summed E-state index contributed by atoms with van der Waals surface area (Å²) < 4.78 is 20.5. The lowest BCUT2D eigenvalue weighted by molar-refractivity contribution is 0.195. The quantitative estimate of drug-likeness (QED) is 0.732. The monoisotopic (exact) mass is 357 g/mol. The second kappa shape index (κ2) is 6.87. The van der Waals surface area contributed by atoms with Crippen LogP contribution < -0.4 is 10.4 Å². The Morgan fingerprint density at radius 3 is 3.08 bits per heavy atom. The van der Waals surface area contributed by atoms with Gasteiger partial charge < -0.3 is 4.74 Å². The standard InChI is InChI=1S/C18H20FN5O2/c1-2-7-24-8-6-12(10-24)26-17-15-11(4-3-5-13(15)19)9-14(20-17)16-21-18(25)23-22-16/h3-5,9,12H,2,6-8,10H2,1H3,(H2,21,22,23,25)/t12-/m0/s1. The molecule has 2 aromatic heterocycles. The number of ether oxygens (including phenoxy) is 1. The van der Waals surface area contributed by atoms with Crippen LogP contribution in [0.5, 0.6) is 5.88 Å². The molecular weight excluding hydrogens is 337 g/mol. The molecule has 1 saturated heterocycles. The summed E-state index contributed by atoms with van der Waals surface area (Å²) in [4.78, 5) is 20.7. The van der Waals surface area contributed by atoms with Crippen molar-refractivity contribution in [3.63, 3.8) is 0 Å². The Kier molecular flexibility index (Phi) is 4.42. The molecule has 1 aromatic carbocycles. The van der Waals surface area contributed by atoms with E-state index in [-0.39, 0.29) is 17.8 Å². The van der Waals surface area contributed by atoms with Gasteiger partial charge in [-0.1, -0.05) is 19.1 Å². The maximum Gasteiger partial charge on any atom is 0.340 e. The molecular formula is C18H20FN5O2. The third kappa shape index (κ3) is 3.20. The van der Waals surface area contributed by atoms with Crippen molar-refractivity contribution in [2.45, 2.75) is 25.9 Å². The largest absolute Gasteiger partial charge is 0.472 e. The van der Waals surface area contributed by atoms with Gasteiger partial charge in [0, 0.05) is 13.1 Å². The number of nitrogens with zero attached hydrogens (tertiary/aromatic N) is 3. The lowest BCUT2D eigenvalue weighted by Gasteiger charge is -2.17. The highest BCUT2D eigenvalue weighted by molar-refractivity contribution is 5.90. The summed E-state index contributed by atoms with van der Waals surface area (Å²) in [6, 6.07) is 6.51. The number of likely N-dealkylation sites (tertiary alicyclic amines) is 1. The van der Waals surface area contributed by atoms with Gasteiger partial charge in [0.2, 0.25) is 5.88 Å². The van der Waals surface area contributed by atoms with Gasteiger partial charge >= 0.3 is 5.69 Å². The predicted molar refractivity (Wildman–Crippen MR) is 95.7 cm³/mol. The van der Waals surface area contributed by atoms with Crippen molar-refractivity contribution in [1.29, 1.82) is 0 Å². The minimum atomic E-state index is -0.422. The van der Waals surface area contributed by atoms with Crippen molar-refractivity contribution in [1.82, 2.24) is 25.1 Å². The van der Waals surface area contributed by atoms with Crippen molar-refractivity contribution in [3.05, 3.63) is 40.6 Å². The van der Waals surface area contributed by atoms with Crippen molar-refractivity contribution in [3.8, 4) is 17.4 Å². The number of hydrogen-bond donors (Lipinski definition) is 2. The minimum Gasteiger partial charge on any atom is -0.472 e. The second-order valence-corrected chi connectivity index (χ2v) is 6.51. The molecule has 26 heavy (non-hydrogen) atoms. The molecule has 1 aliphatic rings. The number of aromatic amines is 2. The average Bonchev–Trinajstić information content (AvgIpc) is 3.24. The third-order valence-electron chi connectivity index (χ3n) is 4.56. The highest BCUT2D eigenvalue weighted by Crippen LogP contribution is 2.31. The Balaban J connectivity index is 1.73. The van der Waals surface area contributed by atoms with E-state index < -0.39 is 5.69 Å². The van der Waals surface area contributed by atoms with Gasteiger partial charge in [0.25, 0.3) is 0 Å². The van der Waals surface area contributed by atoms with Crippen LogP contribution in [0.4, 0.5) is 4.39 Å². The molecule has 0 unspecified atom stereocenters. The summed E-state index contributed by atoms with van der Waals surface area (Å²) in [6.07, 6.45) is 1.93. The van der Waals surface area contributed by atoms with Crippen molar-refractivity contribution in [2.75, 3.05) is 19.6 Å². The maximum absolute atomic E-state index is 14.4. The van der Waals surface area contributed by atoms with Crippen molar-refractivity contribution in [2.24, 2.45) is 0 Å². The first-order valence-electron chi connectivity index (χ1n) is 8.77. The normalized spacial score (nSPS) is 17.8. The van der Waals surface area contributed by atoms with Gasteiger partial charge in [0.05, 0.1) is 5.39 Å². The predicted octanol–water partition coefficient (Wildman–Crippen LogP) is 2.32. The zero-order valence-electron chi connectivity index (χ0n) is 14.5. The summed E-state index contributed by atoms with van der Waals surface area (Å²) >= 11 is 0. The number of hydrogen-bond acceptors (Lipinski definition) is 5. The highest BCUT2D eigenvalue weighted by atomic mass is 19.1. The van der Waals surface area contributed by atoms with E-state index >= 15 is 0 Å². The van der Waals surface area contributed by atoms with Gasteiger partial charge in [-0.15, -0.1) is 0 Å². The van der Waals surface area contributed by atoms with Gasteiger partial charge in [-0.25, -0.2) is 19.3 Å². The van der Waals surface area contributed by atoms with E-state index in [0.717, 1.165) is 32.5 Å². The number of rotatable bonds is 5. The van der Waals surface area contributed by atoms with Crippen LogP contribution in [0.3, 0.4) is 0 Å². The van der Waals surface area contributed by atoms with E-state index in [2.05, 4.69) is 32.0 Å². The fraction of sp³-hybridized carbons (Fsp3) is 0.389. The lowest BCUT2D eigenvalue weighted by Crippen LogP contribution is -2.25. The smallest absolute Gasteiger partial charge is 0.340 e. The number of halogens is 1. The van der Waals surface area contributed by atoms with Crippen LogP contribution in [0.1, 0.15) is 19.8 Å². The first-order valence-corrected chi connectivity index (χ1v) is 8.77. The summed E-state index contributed by atoms with van der Waals surface area (Å²) in [5.74, 6) is 0.156. The summed E-state index contributed by atoms with van der Waals surface area (Å²) in [7, 11) is 0. The van der Waals surface area contributed by atoms with E-state index in [9.17, 15) is 9.18 Å². The van der Waals surface area contributed by atoms with E-state index in [1.807, 2.05) is 0 Å². The summed E-state index contributed by atoms with van der Waals surface area (Å²) in [5, 5.41) is 7.23. The Bertz CT molecular complexity index is 983. The molecule has 0 spiro atoms. The Hall–Kier alpha value is -2.74. The number of fused-ring (bicyclic) bond motifs is 1. The fourth-order valence-corrected chi connectivity index (χ4v) is 3.40.